The highest BCUT2D eigenvalue weighted by Crippen LogP contribution is 2.30. The number of hydrogen-bond acceptors (Lipinski definition) is 5. The van der Waals surface area contributed by atoms with Crippen molar-refractivity contribution < 1.29 is 22.0 Å². The first-order chi connectivity index (χ1) is 15.2. The van der Waals surface area contributed by atoms with Crippen LogP contribution in [-0.2, 0) is 10.0 Å². The Morgan fingerprint density at radius 3 is 2.16 bits per heavy atom. The fourth-order valence-corrected chi connectivity index (χ4v) is 3.73. The molecule has 0 aliphatic rings. The number of ketones is 1. The highest BCUT2D eigenvalue weighted by Gasteiger charge is 2.12. The van der Waals surface area contributed by atoms with Crippen molar-refractivity contribution in [1.82, 2.24) is 0 Å². The fourth-order valence-electron chi connectivity index (χ4n) is 2.92. The van der Waals surface area contributed by atoms with Crippen LogP contribution in [0.25, 0.3) is 28.7 Å². The fraction of sp³-hybridized carbons (Fsp3) is 0. The lowest BCUT2D eigenvalue weighted by Gasteiger charge is -2.00. The van der Waals surface area contributed by atoms with Crippen molar-refractivity contribution >= 4 is 45.1 Å². The van der Waals surface area contributed by atoms with Crippen LogP contribution in [0.1, 0.15) is 16.3 Å². The number of rotatable bonds is 6. The summed E-state index contributed by atoms with van der Waals surface area (Å²) in [5.41, 5.74) is 1.37. The highest BCUT2D eigenvalue weighted by atomic mass is 35.5. The Kier molecular flexibility index (Phi) is 6.08. The molecule has 4 rings (SSSR count). The molecular weight excluding hydrogens is 473 g/mol. The van der Waals surface area contributed by atoms with Gasteiger partial charge in [-0.1, -0.05) is 23.2 Å². The Balaban J connectivity index is 1.47. The molecule has 162 valence electrons. The molecule has 0 atom stereocenters. The molecule has 0 saturated carbocycles. The second-order valence-corrected chi connectivity index (χ2v) is 9.14. The van der Waals surface area contributed by atoms with E-state index in [2.05, 4.69) is 0 Å². The van der Waals surface area contributed by atoms with E-state index in [9.17, 15) is 13.2 Å². The van der Waals surface area contributed by atoms with Gasteiger partial charge in [-0.3, -0.25) is 4.79 Å². The molecule has 2 aromatic carbocycles. The molecule has 0 spiro atoms. The largest absolute Gasteiger partial charge is 0.457 e. The van der Waals surface area contributed by atoms with E-state index in [4.69, 9.17) is 37.2 Å². The number of carbonyl (C=O) groups is 1. The molecular formula is C23H15Cl2NO5S. The molecule has 2 aromatic heterocycles. The molecule has 0 amide bonds. The van der Waals surface area contributed by atoms with E-state index in [0.717, 1.165) is 0 Å². The Morgan fingerprint density at radius 1 is 0.812 bits per heavy atom. The van der Waals surface area contributed by atoms with Crippen LogP contribution >= 0.6 is 23.2 Å². The molecule has 0 bridgehead atoms. The van der Waals surface area contributed by atoms with Crippen molar-refractivity contribution in [3.63, 3.8) is 0 Å². The molecule has 2 heterocycles. The smallest absolute Gasteiger partial charge is 0.238 e. The van der Waals surface area contributed by atoms with Gasteiger partial charge in [0.25, 0.3) is 0 Å². The molecule has 0 aliphatic heterocycles. The van der Waals surface area contributed by atoms with Crippen molar-refractivity contribution in [2.45, 2.75) is 4.90 Å². The number of primary sulfonamides is 1. The van der Waals surface area contributed by atoms with Gasteiger partial charge in [0, 0.05) is 11.1 Å². The normalized spacial score (nSPS) is 11.8. The van der Waals surface area contributed by atoms with Crippen LogP contribution in [0.2, 0.25) is 10.0 Å². The van der Waals surface area contributed by atoms with Crippen molar-refractivity contribution in [2.24, 2.45) is 5.14 Å². The number of allylic oxidation sites excluding steroid dienone is 1. The van der Waals surface area contributed by atoms with E-state index in [1.807, 2.05) is 0 Å². The van der Waals surface area contributed by atoms with Gasteiger partial charge >= 0.3 is 0 Å². The molecule has 0 radical (unpaired) electrons. The summed E-state index contributed by atoms with van der Waals surface area (Å²) >= 11 is 12.0. The number of benzene rings is 2. The number of furan rings is 2. The second-order valence-electron chi connectivity index (χ2n) is 6.76. The van der Waals surface area contributed by atoms with Crippen LogP contribution < -0.4 is 5.14 Å². The van der Waals surface area contributed by atoms with Crippen molar-refractivity contribution in [1.29, 1.82) is 0 Å². The van der Waals surface area contributed by atoms with E-state index in [1.165, 1.54) is 24.3 Å². The number of halogens is 2. The predicted octanol–water partition coefficient (Wildman–Crippen LogP) is 6.06. The Morgan fingerprint density at radius 2 is 1.47 bits per heavy atom. The lowest BCUT2D eigenvalue weighted by Crippen LogP contribution is -2.11. The number of carbonyl (C=O) groups excluding carboxylic acids is 1. The maximum Gasteiger partial charge on any atom is 0.238 e. The van der Waals surface area contributed by atoms with Crippen molar-refractivity contribution in [3.8, 4) is 22.6 Å². The lowest BCUT2D eigenvalue weighted by atomic mass is 10.2. The Labute approximate surface area is 193 Å². The predicted molar refractivity (Wildman–Crippen MR) is 123 cm³/mol. The van der Waals surface area contributed by atoms with Crippen LogP contribution in [0.15, 0.2) is 86.5 Å². The summed E-state index contributed by atoms with van der Waals surface area (Å²) in [6.45, 7) is 0. The van der Waals surface area contributed by atoms with E-state index < -0.39 is 10.0 Å². The first-order valence-corrected chi connectivity index (χ1v) is 11.5. The van der Waals surface area contributed by atoms with Crippen LogP contribution in [0.4, 0.5) is 0 Å². The molecule has 0 saturated heterocycles. The highest BCUT2D eigenvalue weighted by molar-refractivity contribution is 7.89. The zero-order valence-electron chi connectivity index (χ0n) is 16.3. The second kappa shape index (κ2) is 8.80. The molecule has 0 unspecified atom stereocenters. The maximum absolute atomic E-state index is 12.5. The van der Waals surface area contributed by atoms with Gasteiger partial charge in [0.15, 0.2) is 5.76 Å². The van der Waals surface area contributed by atoms with Crippen LogP contribution in [0, 0.1) is 0 Å². The number of sulfonamides is 1. The van der Waals surface area contributed by atoms with E-state index >= 15 is 0 Å². The minimum Gasteiger partial charge on any atom is -0.457 e. The van der Waals surface area contributed by atoms with E-state index in [-0.39, 0.29) is 16.4 Å². The topological polar surface area (TPSA) is 104 Å². The van der Waals surface area contributed by atoms with E-state index in [1.54, 1.807) is 54.6 Å². The zero-order valence-corrected chi connectivity index (χ0v) is 18.6. The van der Waals surface area contributed by atoms with Crippen molar-refractivity contribution in [2.75, 3.05) is 0 Å². The van der Waals surface area contributed by atoms with Gasteiger partial charge in [-0.2, -0.15) is 0 Å². The molecule has 0 aliphatic carbocycles. The van der Waals surface area contributed by atoms with Gasteiger partial charge in [-0.05, 0) is 78.9 Å². The first-order valence-electron chi connectivity index (χ1n) is 9.21. The summed E-state index contributed by atoms with van der Waals surface area (Å²) in [4.78, 5) is 12.5. The number of hydrogen-bond donors (Lipinski definition) is 1. The number of nitrogens with two attached hydrogens (primary N) is 1. The van der Waals surface area contributed by atoms with Gasteiger partial charge < -0.3 is 8.83 Å². The van der Waals surface area contributed by atoms with Crippen LogP contribution in [-0.4, -0.2) is 14.2 Å². The monoisotopic (exact) mass is 487 g/mol. The average Bonchev–Trinajstić information content (AvgIpc) is 3.44. The van der Waals surface area contributed by atoms with Gasteiger partial charge in [0.05, 0.1) is 14.9 Å². The minimum atomic E-state index is -3.76. The SMILES string of the molecule is NS(=O)(=O)c1ccc(-c2ccc(C=CC(=O)c3ccc(-c4ccc(Cl)c(Cl)c4)o3)o2)cc1. The van der Waals surface area contributed by atoms with Gasteiger partial charge in [-0.15, -0.1) is 0 Å². The Bertz CT molecular complexity index is 1430. The third kappa shape index (κ3) is 4.87. The summed E-state index contributed by atoms with van der Waals surface area (Å²) in [7, 11) is -3.76. The zero-order chi connectivity index (χ0) is 22.9. The maximum atomic E-state index is 12.5. The van der Waals surface area contributed by atoms with Crippen LogP contribution in [0.3, 0.4) is 0 Å². The van der Waals surface area contributed by atoms with Crippen molar-refractivity contribution in [3.05, 3.63) is 94.4 Å². The van der Waals surface area contributed by atoms with Crippen LogP contribution in [0.5, 0.6) is 0 Å². The molecule has 0 fully saturated rings. The molecule has 4 aromatic rings. The summed E-state index contributed by atoms with van der Waals surface area (Å²) in [5, 5.41) is 5.92. The molecule has 32 heavy (non-hydrogen) atoms. The summed E-state index contributed by atoms with van der Waals surface area (Å²) in [5.74, 6) is 1.26. The average molecular weight is 488 g/mol. The third-order valence-electron chi connectivity index (χ3n) is 4.55. The lowest BCUT2D eigenvalue weighted by molar-refractivity contribution is 0.102. The molecule has 2 N–H and O–H groups in total. The Hall–Kier alpha value is -3.10. The third-order valence-corrected chi connectivity index (χ3v) is 6.21. The van der Waals surface area contributed by atoms with Gasteiger partial charge in [0.1, 0.15) is 17.3 Å². The first kappa shape index (κ1) is 22.1. The van der Waals surface area contributed by atoms with Gasteiger partial charge in [-0.25, -0.2) is 13.6 Å². The minimum absolute atomic E-state index is 0.0113. The quantitative estimate of drug-likeness (QED) is 0.263. The molecule has 6 nitrogen and oxygen atoms in total. The van der Waals surface area contributed by atoms with E-state index in [0.29, 0.717) is 38.5 Å². The summed E-state index contributed by atoms with van der Waals surface area (Å²) in [6.07, 6.45) is 2.86. The summed E-state index contributed by atoms with van der Waals surface area (Å²) < 4.78 is 34.0. The summed E-state index contributed by atoms with van der Waals surface area (Å²) in [6, 6.07) is 17.7. The standard InChI is InChI=1S/C23H15Cl2NO5S/c24-18-8-3-15(13-19(18)25)22-11-12-23(31-22)20(27)9-4-16-5-10-21(30-16)14-1-6-17(7-2-14)32(26,28)29/h1-13H,(H2,26,28,29). The molecule has 9 heteroatoms. The van der Waals surface area contributed by atoms with Gasteiger partial charge in [0.2, 0.25) is 15.8 Å².